The number of hydrogen-bond donors (Lipinski definition) is 0. The maximum absolute atomic E-state index is 2.37. The maximum atomic E-state index is 2.37. The first kappa shape index (κ1) is 11.5. The summed E-state index contributed by atoms with van der Waals surface area (Å²) in [7, 11) is 0. The topological polar surface area (TPSA) is 0 Å². The molecule has 0 spiro atoms. The molecule has 0 atom stereocenters. The number of benzene rings is 2. The van der Waals surface area contributed by atoms with E-state index in [9.17, 15) is 0 Å². The molecule has 2 aromatic rings. The van der Waals surface area contributed by atoms with Crippen LogP contribution in [0.2, 0.25) is 0 Å². The molecule has 3 rings (SSSR count). The van der Waals surface area contributed by atoms with Gasteiger partial charge in [-0.15, -0.1) is 0 Å². The lowest BCUT2D eigenvalue weighted by molar-refractivity contribution is 0.697. The van der Waals surface area contributed by atoms with Crippen molar-refractivity contribution in [1.82, 2.24) is 0 Å². The highest BCUT2D eigenvalue weighted by Gasteiger charge is 2.13. The van der Waals surface area contributed by atoms with Gasteiger partial charge in [-0.25, -0.2) is 0 Å². The Morgan fingerprint density at radius 3 is 2.50 bits per heavy atom. The smallest absolute Gasteiger partial charge is 0.0178 e. The summed E-state index contributed by atoms with van der Waals surface area (Å²) in [6.07, 6.45) is 6.51. The van der Waals surface area contributed by atoms with Crippen LogP contribution in [0, 0.1) is 0 Å². The van der Waals surface area contributed by atoms with Gasteiger partial charge >= 0.3 is 0 Å². The second kappa shape index (κ2) is 4.97. The van der Waals surface area contributed by atoms with Crippen LogP contribution in [0.5, 0.6) is 0 Å². The van der Waals surface area contributed by atoms with Crippen molar-refractivity contribution in [3.8, 4) is 0 Å². The van der Waals surface area contributed by atoms with E-state index in [2.05, 4.69) is 49.4 Å². The summed E-state index contributed by atoms with van der Waals surface area (Å²) in [5.41, 5.74) is 4.75. The second-order valence-corrected chi connectivity index (χ2v) is 5.20. The third kappa shape index (κ3) is 2.08. The zero-order valence-corrected chi connectivity index (χ0v) is 11.1. The van der Waals surface area contributed by atoms with E-state index < -0.39 is 0 Å². The van der Waals surface area contributed by atoms with Crippen LogP contribution in [0.25, 0.3) is 16.3 Å². The first-order chi connectivity index (χ1) is 8.88. The van der Waals surface area contributed by atoms with Gasteiger partial charge in [-0.05, 0) is 60.1 Å². The molecular formula is C18H20. The van der Waals surface area contributed by atoms with Gasteiger partial charge in [0.1, 0.15) is 0 Å². The van der Waals surface area contributed by atoms with Crippen LogP contribution in [-0.4, -0.2) is 0 Å². The normalized spacial score (nSPS) is 16.3. The van der Waals surface area contributed by atoms with Gasteiger partial charge in [-0.2, -0.15) is 0 Å². The predicted molar refractivity (Wildman–Crippen MR) is 79.6 cm³/mol. The van der Waals surface area contributed by atoms with Crippen molar-refractivity contribution in [2.75, 3.05) is 0 Å². The first-order valence-corrected chi connectivity index (χ1v) is 7.08. The molecule has 0 aromatic heterocycles. The van der Waals surface area contributed by atoms with Gasteiger partial charge in [-0.3, -0.25) is 0 Å². The molecule has 0 nitrogen and oxygen atoms in total. The molecule has 1 aliphatic carbocycles. The van der Waals surface area contributed by atoms with Crippen LogP contribution in [-0.2, 0) is 0 Å². The monoisotopic (exact) mass is 236 g/mol. The Morgan fingerprint density at radius 1 is 0.889 bits per heavy atom. The fourth-order valence-corrected chi connectivity index (χ4v) is 3.08. The molecule has 0 amide bonds. The zero-order chi connectivity index (χ0) is 12.4. The molecular weight excluding hydrogens is 216 g/mol. The van der Waals surface area contributed by atoms with E-state index in [1.807, 2.05) is 0 Å². The van der Waals surface area contributed by atoms with Gasteiger partial charge in [0, 0.05) is 0 Å². The van der Waals surface area contributed by atoms with Crippen molar-refractivity contribution in [2.24, 2.45) is 0 Å². The van der Waals surface area contributed by atoms with Crippen LogP contribution in [0.3, 0.4) is 0 Å². The van der Waals surface area contributed by atoms with Crippen molar-refractivity contribution >= 4 is 16.3 Å². The van der Waals surface area contributed by atoms with E-state index in [1.54, 1.807) is 11.1 Å². The summed E-state index contributed by atoms with van der Waals surface area (Å²) >= 11 is 0. The van der Waals surface area contributed by atoms with Crippen molar-refractivity contribution in [3.63, 3.8) is 0 Å². The molecule has 0 fully saturated rings. The molecule has 92 valence electrons. The van der Waals surface area contributed by atoms with Gasteiger partial charge in [0.25, 0.3) is 0 Å². The summed E-state index contributed by atoms with van der Waals surface area (Å²) in [4.78, 5) is 0. The minimum Gasteiger partial charge on any atom is -0.0667 e. The lowest BCUT2D eigenvalue weighted by atomic mass is 9.85. The third-order valence-electron chi connectivity index (χ3n) is 4.11. The van der Waals surface area contributed by atoms with Crippen molar-refractivity contribution in [1.29, 1.82) is 0 Å². The quantitative estimate of drug-likeness (QED) is 0.638. The molecule has 0 unspecified atom stereocenters. The highest BCUT2D eigenvalue weighted by Crippen LogP contribution is 2.34. The van der Waals surface area contributed by atoms with E-state index in [0.717, 1.165) is 0 Å². The number of allylic oxidation sites excluding steroid dienone is 2. The molecule has 2 aromatic carbocycles. The molecule has 0 radical (unpaired) electrons. The number of hydrogen-bond acceptors (Lipinski definition) is 0. The SMILES string of the molecule is CCC1=C(c2ccc3ccccc3c2)CCCC1. The molecule has 0 N–H and O–H groups in total. The van der Waals surface area contributed by atoms with E-state index >= 15 is 0 Å². The average Bonchev–Trinajstić information content (AvgIpc) is 2.46. The first-order valence-electron chi connectivity index (χ1n) is 7.08. The van der Waals surface area contributed by atoms with Gasteiger partial charge in [0.05, 0.1) is 0 Å². The van der Waals surface area contributed by atoms with E-state index in [1.165, 1.54) is 48.4 Å². The van der Waals surface area contributed by atoms with Crippen LogP contribution in [0.1, 0.15) is 44.6 Å². The minimum absolute atomic E-state index is 1.21. The lowest BCUT2D eigenvalue weighted by Crippen LogP contribution is -1.98. The summed E-state index contributed by atoms with van der Waals surface area (Å²) < 4.78 is 0. The molecule has 1 aliphatic rings. The standard InChI is InChI=1S/C18H20/c1-2-14-7-5-6-10-18(14)17-12-11-15-8-3-4-9-16(15)13-17/h3-4,8-9,11-13H,2,5-7,10H2,1H3. The Labute approximate surface area is 109 Å². The Bertz CT molecular complexity index is 590. The summed E-state index contributed by atoms with van der Waals surface area (Å²) in [5.74, 6) is 0. The second-order valence-electron chi connectivity index (χ2n) is 5.20. The highest BCUT2D eigenvalue weighted by atomic mass is 14.2. The fraction of sp³-hybridized carbons (Fsp3) is 0.333. The average molecular weight is 236 g/mol. The molecule has 0 heteroatoms. The molecule has 0 heterocycles. The van der Waals surface area contributed by atoms with Gasteiger partial charge < -0.3 is 0 Å². The number of rotatable bonds is 2. The Morgan fingerprint density at radius 2 is 1.67 bits per heavy atom. The molecule has 0 saturated carbocycles. The number of fused-ring (bicyclic) bond motifs is 1. The van der Waals surface area contributed by atoms with Gasteiger partial charge in [-0.1, -0.05) is 48.9 Å². The van der Waals surface area contributed by atoms with Crippen molar-refractivity contribution in [2.45, 2.75) is 39.0 Å². The highest BCUT2D eigenvalue weighted by molar-refractivity contribution is 5.86. The van der Waals surface area contributed by atoms with E-state index in [0.29, 0.717) is 0 Å². The van der Waals surface area contributed by atoms with Gasteiger partial charge in [0.15, 0.2) is 0 Å². The summed E-state index contributed by atoms with van der Waals surface area (Å²) in [6.45, 7) is 2.29. The molecule has 0 bridgehead atoms. The van der Waals surface area contributed by atoms with Crippen LogP contribution < -0.4 is 0 Å². The van der Waals surface area contributed by atoms with Crippen LogP contribution in [0.4, 0.5) is 0 Å². The third-order valence-corrected chi connectivity index (χ3v) is 4.11. The molecule has 0 aliphatic heterocycles. The van der Waals surface area contributed by atoms with Gasteiger partial charge in [0.2, 0.25) is 0 Å². The summed E-state index contributed by atoms with van der Waals surface area (Å²) in [6, 6.07) is 15.6. The minimum atomic E-state index is 1.21. The lowest BCUT2D eigenvalue weighted by Gasteiger charge is -2.20. The zero-order valence-electron chi connectivity index (χ0n) is 11.1. The van der Waals surface area contributed by atoms with Crippen molar-refractivity contribution in [3.05, 3.63) is 53.6 Å². The van der Waals surface area contributed by atoms with Crippen LogP contribution >= 0.6 is 0 Å². The molecule has 0 saturated heterocycles. The summed E-state index contributed by atoms with van der Waals surface area (Å²) in [5, 5.41) is 2.71. The van der Waals surface area contributed by atoms with E-state index in [4.69, 9.17) is 0 Å². The Kier molecular flexibility index (Phi) is 3.19. The molecule has 18 heavy (non-hydrogen) atoms. The predicted octanol–water partition coefficient (Wildman–Crippen LogP) is 5.58. The van der Waals surface area contributed by atoms with E-state index in [-0.39, 0.29) is 0 Å². The fourth-order valence-electron chi connectivity index (χ4n) is 3.08. The Hall–Kier alpha value is -1.56. The maximum Gasteiger partial charge on any atom is -0.0178 e. The van der Waals surface area contributed by atoms with Crippen molar-refractivity contribution < 1.29 is 0 Å². The van der Waals surface area contributed by atoms with Crippen LogP contribution in [0.15, 0.2) is 48.0 Å². The Balaban J connectivity index is 2.10. The largest absolute Gasteiger partial charge is 0.0667 e.